The standard InChI is InChI=1S/C18H17BrN2O4S/c1-12-13(2)20-25-18(12)21-26(22,23)17-10-15(8-9-16(17)19)24-11-14-6-4-3-5-7-14/h3-10,21H,11H2,1-2H3. The van der Waals surface area contributed by atoms with Gasteiger partial charge in [0, 0.05) is 16.1 Å². The number of anilines is 1. The number of benzene rings is 2. The van der Waals surface area contributed by atoms with Gasteiger partial charge in [-0.2, -0.15) is 0 Å². The lowest BCUT2D eigenvalue weighted by Gasteiger charge is -2.11. The summed E-state index contributed by atoms with van der Waals surface area (Å²) in [6, 6.07) is 14.4. The SMILES string of the molecule is Cc1noc(NS(=O)(=O)c2cc(OCc3ccccc3)ccc2Br)c1C. The first-order valence-corrected chi connectivity index (χ1v) is 10.1. The second kappa shape index (κ2) is 7.51. The zero-order chi connectivity index (χ0) is 18.7. The van der Waals surface area contributed by atoms with Gasteiger partial charge in [0.25, 0.3) is 10.0 Å². The highest BCUT2D eigenvalue weighted by atomic mass is 79.9. The molecule has 136 valence electrons. The van der Waals surface area contributed by atoms with E-state index in [0.717, 1.165) is 5.56 Å². The van der Waals surface area contributed by atoms with Gasteiger partial charge < -0.3 is 9.26 Å². The molecule has 0 amide bonds. The molecule has 0 aliphatic carbocycles. The predicted octanol–water partition coefficient (Wildman–Crippen LogP) is 4.43. The second-order valence-electron chi connectivity index (χ2n) is 5.69. The van der Waals surface area contributed by atoms with Crippen molar-refractivity contribution in [2.24, 2.45) is 0 Å². The number of ether oxygens (including phenoxy) is 1. The van der Waals surface area contributed by atoms with E-state index in [0.29, 0.717) is 28.1 Å². The van der Waals surface area contributed by atoms with Gasteiger partial charge in [0.15, 0.2) is 0 Å². The summed E-state index contributed by atoms with van der Waals surface area (Å²) in [6.45, 7) is 3.82. The van der Waals surface area contributed by atoms with Gasteiger partial charge in [-0.25, -0.2) is 13.1 Å². The molecular weight excluding hydrogens is 420 g/mol. The number of sulfonamides is 1. The molecule has 26 heavy (non-hydrogen) atoms. The summed E-state index contributed by atoms with van der Waals surface area (Å²) in [5, 5.41) is 3.76. The molecule has 0 fully saturated rings. The Labute approximate surface area is 160 Å². The highest BCUT2D eigenvalue weighted by Crippen LogP contribution is 2.30. The molecule has 0 spiro atoms. The average Bonchev–Trinajstić information content (AvgIpc) is 2.93. The van der Waals surface area contributed by atoms with E-state index in [-0.39, 0.29) is 10.8 Å². The zero-order valence-corrected chi connectivity index (χ0v) is 16.6. The number of nitrogens with one attached hydrogen (secondary N) is 1. The van der Waals surface area contributed by atoms with E-state index < -0.39 is 10.0 Å². The molecule has 3 aromatic rings. The number of nitrogens with zero attached hydrogens (tertiary/aromatic N) is 1. The van der Waals surface area contributed by atoms with Crippen LogP contribution in [0.2, 0.25) is 0 Å². The molecule has 0 aliphatic rings. The highest BCUT2D eigenvalue weighted by molar-refractivity contribution is 9.10. The van der Waals surface area contributed by atoms with E-state index in [1.165, 1.54) is 6.07 Å². The molecule has 0 atom stereocenters. The fraction of sp³-hybridized carbons (Fsp3) is 0.167. The van der Waals surface area contributed by atoms with Crippen molar-refractivity contribution in [3.63, 3.8) is 0 Å². The van der Waals surface area contributed by atoms with Crippen molar-refractivity contribution in [1.29, 1.82) is 0 Å². The number of hydrogen-bond donors (Lipinski definition) is 1. The van der Waals surface area contributed by atoms with Crippen LogP contribution in [0.1, 0.15) is 16.8 Å². The monoisotopic (exact) mass is 436 g/mol. The fourth-order valence-corrected chi connectivity index (χ4v) is 4.23. The third-order valence-electron chi connectivity index (χ3n) is 3.82. The molecule has 0 unspecified atom stereocenters. The van der Waals surface area contributed by atoms with Crippen LogP contribution in [0.15, 0.2) is 62.4 Å². The minimum absolute atomic E-state index is 0.0523. The number of hydrogen-bond acceptors (Lipinski definition) is 5. The minimum Gasteiger partial charge on any atom is -0.489 e. The summed E-state index contributed by atoms with van der Waals surface area (Å²) < 4.78 is 39.1. The third-order valence-corrected chi connectivity index (χ3v) is 6.15. The van der Waals surface area contributed by atoms with Crippen molar-refractivity contribution in [1.82, 2.24) is 5.16 Å². The molecular formula is C18H17BrN2O4S. The maximum atomic E-state index is 12.7. The van der Waals surface area contributed by atoms with Gasteiger partial charge in [0.05, 0.1) is 5.69 Å². The molecule has 2 aromatic carbocycles. The summed E-state index contributed by atoms with van der Waals surface area (Å²) >= 11 is 3.28. The Kier molecular flexibility index (Phi) is 5.33. The Bertz CT molecular complexity index is 1020. The van der Waals surface area contributed by atoms with Crippen LogP contribution >= 0.6 is 15.9 Å². The van der Waals surface area contributed by atoms with Crippen molar-refractivity contribution in [3.05, 3.63) is 69.8 Å². The Morgan fingerprint density at radius 3 is 2.54 bits per heavy atom. The second-order valence-corrected chi connectivity index (χ2v) is 8.20. The van der Waals surface area contributed by atoms with E-state index in [4.69, 9.17) is 9.26 Å². The molecule has 8 heteroatoms. The van der Waals surface area contributed by atoms with Gasteiger partial charge in [0.2, 0.25) is 5.88 Å². The van der Waals surface area contributed by atoms with Gasteiger partial charge in [-0.05, 0) is 47.5 Å². The summed E-state index contributed by atoms with van der Waals surface area (Å²) in [6.07, 6.45) is 0. The molecule has 0 radical (unpaired) electrons. The van der Waals surface area contributed by atoms with E-state index in [2.05, 4.69) is 25.8 Å². The van der Waals surface area contributed by atoms with Gasteiger partial charge in [-0.15, -0.1) is 0 Å². The molecule has 0 aliphatic heterocycles. The lowest BCUT2D eigenvalue weighted by molar-refractivity contribution is 0.305. The average molecular weight is 437 g/mol. The first kappa shape index (κ1) is 18.5. The maximum absolute atomic E-state index is 12.7. The normalized spacial score (nSPS) is 11.3. The van der Waals surface area contributed by atoms with Crippen LogP contribution in [0.25, 0.3) is 0 Å². The predicted molar refractivity (Wildman–Crippen MR) is 102 cm³/mol. The van der Waals surface area contributed by atoms with Gasteiger partial charge in [-0.3, -0.25) is 0 Å². The molecule has 1 aromatic heterocycles. The first-order valence-electron chi connectivity index (χ1n) is 7.79. The minimum atomic E-state index is -3.87. The highest BCUT2D eigenvalue weighted by Gasteiger charge is 2.22. The first-order chi connectivity index (χ1) is 12.4. The number of rotatable bonds is 6. The summed E-state index contributed by atoms with van der Waals surface area (Å²) in [5.74, 6) is 0.549. The van der Waals surface area contributed by atoms with Crippen LogP contribution in [0.3, 0.4) is 0 Å². The van der Waals surface area contributed by atoms with E-state index >= 15 is 0 Å². The third kappa shape index (κ3) is 4.08. The van der Waals surface area contributed by atoms with Crippen molar-refractivity contribution in [3.8, 4) is 5.75 Å². The molecule has 6 nitrogen and oxygen atoms in total. The van der Waals surface area contributed by atoms with Crippen LogP contribution in [0, 0.1) is 13.8 Å². The van der Waals surface area contributed by atoms with E-state index in [1.807, 2.05) is 30.3 Å². The Morgan fingerprint density at radius 2 is 1.88 bits per heavy atom. The van der Waals surface area contributed by atoms with Gasteiger partial charge >= 0.3 is 0 Å². The Morgan fingerprint density at radius 1 is 1.15 bits per heavy atom. The summed E-state index contributed by atoms with van der Waals surface area (Å²) in [7, 11) is -3.87. The summed E-state index contributed by atoms with van der Waals surface area (Å²) in [5.41, 5.74) is 2.26. The van der Waals surface area contributed by atoms with Crippen LogP contribution < -0.4 is 9.46 Å². The smallest absolute Gasteiger partial charge is 0.265 e. The molecule has 1 heterocycles. The molecule has 3 rings (SSSR count). The largest absolute Gasteiger partial charge is 0.489 e. The van der Waals surface area contributed by atoms with Crippen molar-refractivity contribution < 1.29 is 17.7 Å². The lowest BCUT2D eigenvalue weighted by Crippen LogP contribution is -2.14. The number of halogens is 1. The number of aryl methyl sites for hydroxylation is 1. The van der Waals surface area contributed by atoms with Crippen LogP contribution in [-0.2, 0) is 16.6 Å². The van der Waals surface area contributed by atoms with Gasteiger partial charge in [-0.1, -0.05) is 35.5 Å². The Balaban J connectivity index is 1.83. The topological polar surface area (TPSA) is 81.4 Å². The van der Waals surface area contributed by atoms with Crippen molar-refractivity contribution >= 4 is 31.8 Å². The zero-order valence-electron chi connectivity index (χ0n) is 14.2. The lowest BCUT2D eigenvalue weighted by atomic mass is 10.2. The van der Waals surface area contributed by atoms with Gasteiger partial charge in [0.1, 0.15) is 17.3 Å². The van der Waals surface area contributed by atoms with Crippen LogP contribution in [0.5, 0.6) is 5.75 Å². The fourth-order valence-electron chi connectivity index (χ4n) is 2.21. The molecule has 0 bridgehead atoms. The van der Waals surface area contributed by atoms with E-state index in [1.54, 1.807) is 26.0 Å². The van der Waals surface area contributed by atoms with Crippen LogP contribution in [0.4, 0.5) is 5.88 Å². The molecule has 0 saturated heterocycles. The number of aromatic nitrogens is 1. The molecule has 1 N–H and O–H groups in total. The van der Waals surface area contributed by atoms with Crippen molar-refractivity contribution in [2.75, 3.05) is 4.72 Å². The van der Waals surface area contributed by atoms with Crippen molar-refractivity contribution in [2.45, 2.75) is 25.3 Å². The quantitative estimate of drug-likeness (QED) is 0.617. The van der Waals surface area contributed by atoms with E-state index in [9.17, 15) is 8.42 Å². The maximum Gasteiger partial charge on any atom is 0.265 e. The Hall–Kier alpha value is -2.32. The van der Waals surface area contributed by atoms with Crippen LogP contribution in [-0.4, -0.2) is 13.6 Å². The molecule has 0 saturated carbocycles. The summed E-state index contributed by atoms with van der Waals surface area (Å²) in [4.78, 5) is 0.0523.